The zero-order valence-corrected chi connectivity index (χ0v) is 11.2. The minimum atomic E-state index is -0.888. The highest BCUT2D eigenvalue weighted by Gasteiger charge is 2.12. The molecular weight excluding hydrogens is 246 g/mol. The number of carboxylic acids is 1. The van der Waals surface area contributed by atoms with Gasteiger partial charge in [-0.05, 0) is 37.1 Å². The topological polar surface area (TPSA) is 75.6 Å². The van der Waals surface area contributed by atoms with E-state index in [0.29, 0.717) is 12.3 Å². The first-order chi connectivity index (χ1) is 9.01. The van der Waals surface area contributed by atoms with Gasteiger partial charge in [0.15, 0.2) is 0 Å². The second-order valence-electron chi connectivity index (χ2n) is 4.41. The average Bonchev–Trinajstić information content (AvgIpc) is 2.30. The molecule has 0 fully saturated rings. The number of benzene rings is 1. The molecule has 19 heavy (non-hydrogen) atoms. The maximum Gasteiger partial charge on any atom is 0.303 e. The quantitative estimate of drug-likeness (QED) is 0.794. The predicted octanol–water partition coefficient (Wildman–Crippen LogP) is 2.52. The predicted molar refractivity (Wildman–Crippen MR) is 72.3 cm³/mol. The molecule has 2 N–H and O–H groups in total. The molecule has 0 spiro atoms. The molecule has 0 radical (unpaired) electrons. The van der Waals surface area contributed by atoms with Crippen LogP contribution < -0.4 is 10.1 Å². The van der Waals surface area contributed by atoms with Crippen LogP contribution in [0.5, 0.6) is 5.75 Å². The Morgan fingerprint density at radius 2 is 1.89 bits per heavy atom. The van der Waals surface area contributed by atoms with Crippen LogP contribution in [-0.4, -0.2) is 23.6 Å². The van der Waals surface area contributed by atoms with Gasteiger partial charge in [-0.2, -0.15) is 0 Å². The van der Waals surface area contributed by atoms with Crippen LogP contribution >= 0.6 is 0 Å². The zero-order chi connectivity index (χ0) is 14.3. The fourth-order valence-electron chi connectivity index (χ4n) is 1.70. The van der Waals surface area contributed by atoms with Crippen molar-refractivity contribution in [3.05, 3.63) is 24.3 Å². The van der Waals surface area contributed by atoms with Gasteiger partial charge in [0.1, 0.15) is 5.75 Å². The lowest BCUT2D eigenvalue weighted by atomic mass is 10.0. The van der Waals surface area contributed by atoms with Crippen molar-refractivity contribution in [3.63, 3.8) is 0 Å². The average molecular weight is 265 g/mol. The minimum absolute atomic E-state index is 0.00328. The number of carbonyl (C=O) groups is 2. The number of amides is 1. The molecule has 0 aromatic heterocycles. The Labute approximate surface area is 112 Å². The molecule has 1 aromatic carbocycles. The van der Waals surface area contributed by atoms with Gasteiger partial charge in [-0.3, -0.25) is 9.59 Å². The molecule has 5 nitrogen and oxygen atoms in total. The third-order valence-electron chi connectivity index (χ3n) is 2.51. The van der Waals surface area contributed by atoms with Crippen LogP contribution in [0.25, 0.3) is 0 Å². The molecule has 1 amide bonds. The number of anilines is 1. The van der Waals surface area contributed by atoms with Gasteiger partial charge in [0.25, 0.3) is 0 Å². The van der Waals surface area contributed by atoms with E-state index < -0.39 is 5.97 Å². The van der Waals surface area contributed by atoms with E-state index >= 15 is 0 Å². The first-order valence-electron chi connectivity index (χ1n) is 6.25. The third-order valence-corrected chi connectivity index (χ3v) is 2.51. The molecule has 0 unspecified atom stereocenters. The highest BCUT2D eigenvalue weighted by molar-refractivity contribution is 5.91. The number of carbonyl (C=O) groups excluding carboxylic acids is 1. The Bertz CT molecular complexity index is 428. The highest BCUT2D eigenvalue weighted by Crippen LogP contribution is 2.16. The van der Waals surface area contributed by atoms with Gasteiger partial charge in [0.2, 0.25) is 5.91 Å². The van der Waals surface area contributed by atoms with Crippen molar-refractivity contribution in [1.82, 2.24) is 0 Å². The Hall–Kier alpha value is -2.04. The number of ether oxygens (including phenoxy) is 1. The van der Waals surface area contributed by atoms with E-state index in [1.165, 1.54) is 0 Å². The fourth-order valence-corrected chi connectivity index (χ4v) is 1.70. The van der Waals surface area contributed by atoms with Gasteiger partial charge in [-0.15, -0.1) is 0 Å². The lowest BCUT2D eigenvalue weighted by molar-refractivity contribution is -0.138. The van der Waals surface area contributed by atoms with Crippen LogP contribution in [0.1, 0.15) is 26.7 Å². The molecular formula is C14H19NO4. The Morgan fingerprint density at radius 1 is 1.26 bits per heavy atom. The van der Waals surface area contributed by atoms with Crippen LogP contribution in [0.15, 0.2) is 24.3 Å². The Balaban J connectivity index is 2.45. The van der Waals surface area contributed by atoms with Crippen molar-refractivity contribution < 1.29 is 19.4 Å². The summed E-state index contributed by atoms with van der Waals surface area (Å²) >= 11 is 0. The van der Waals surface area contributed by atoms with E-state index in [-0.39, 0.29) is 24.7 Å². The van der Waals surface area contributed by atoms with E-state index in [1.54, 1.807) is 31.2 Å². The smallest absolute Gasteiger partial charge is 0.303 e. The van der Waals surface area contributed by atoms with E-state index in [1.807, 2.05) is 6.92 Å². The summed E-state index contributed by atoms with van der Waals surface area (Å²) in [5.41, 5.74) is 0.677. The molecule has 0 aliphatic carbocycles. The summed E-state index contributed by atoms with van der Waals surface area (Å²) in [4.78, 5) is 22.2. The maximum absolute atomic E-state index is 11.7. The molecule has 0 saturated heterocycles. The van der Waals surface area contributed by atoms with E-state index in [9.17, 15) is 9.59 Å². The Morgan fingerprint density at radius 3 is 2.42 bits per heavy atom. The first kappa shape index (κ1) is 15.0. The number of nitrogens with one attached hydrogen (secondary N) is 1. The van der Waals surface area contributed by atoms with Crippen LogP contribution in [-0.2, 0) is 9.59 Å². The second kappa shape index (κ2) is 7.41. The fraction of sp³-hybridized carbons (Fsp3) is 0.429. The number of rotatable bonds is 7. The molecule has 104 valence electrons. The van der Waals surface area contributed by atoms with E-state index in [2.05, 4.69) is 5.32 Å². The summed E-state index contributed by atoms with van der Waals surface area (Å²) in [7, 11) is 0. The lowest BCUT2D eigenvalue weighted by Crippen LogP contribution is -2.16. The van der Waals surface area contributed by atoms with E-state index in [0.717, 1.165) is 5.75 Å². The lowest BCUT2D eigenvalue weighted by Gasteiger charge is -2.10. The van der Waals surface area contributed by atoms with Gasteiger partial charge in [0.05, 0.1) is 6.61 Å². The molecule has 0 aliphatic heterocycles. The van der Waals surface area contributed by atoms with Crippen molar-refractivity contribution in [2.24, 2.45) is 5.92 Å². The highest BCUT2D eigenvalue weighted by atomic mass is 16.5. The van der Waals surface area contributed by atoms with Gasteiger partial charge in [0, 0.05) is 18.5 Å². The van der Waals surface area contributed by atoms with Crippen LogP contribution in [0.3, 0.4) is 0 Å². The molecule has 1 rings (SSSR count). The second-order valence-corrected chi connectivity index (χ2v) is 4.41. The summed E-state index contributed by atoms with van der Waals surface area (Å²) in [6.45, 7) is 4.24. The largest absolute Gasteiger partial charge is 0.494 e. The molecule has 0 bridgehead atoms. The third kappa shape index (κ3) is 5.90. The van der Waals surface area contributed by atoms with Crippen molar-refractivity contribution in [2.45, 2.75) is 26.7 Å². The summed E-state index contributed by atoms with van der Waals surface area (Å²) in [5, 5.41) is 11.3. The van der Waals surface area contributed by atoms with Crippen molar-refractivity contribution in [2.75, 3.05) is 11.9 Å². The van der Waals surface area contributed by atoms with Crippen molar-refractivity contribution in [1.29, 1.82) is 0 Å². The monoisotopic (exact) mass is 265 g/mol. The maximum atomic E-state index is 11.7. The molecule has 1 aromatic rings. The zero-order valence-electron chi connectivity index (χ0n) is 11.2. The summed E-state index contributed by atoms with van der Waals surface area (Å²) in [6.07, 6.45) is 0.191. The number of carboxylic acid groups (broad SMARTS) is 1. The summed E-state index contributed by atoms with van der Waals surface area (Å²) in [6, 6.07) is 7.06. The van der Waals surface area contributed by atoms with Gasteiger partial charge < -0.3 is 15.2 Å². The van der Waals surface area contributed by atoms with Crippen LogP contribution in [0, 0.1) is 5.92 Å². The molecule has 0 saturated carbocycles. The minimum Gasteiger partial charge on any atom is -0.494 e. The SMILES string of the molecule is CCOc1ccc(NC(=O)C[C@@H](C)CC(=O)O)cc1. The van der Waals surface area contributed by atoms with Gasteiger partial charge in [-0.25, -0.2) is 0 Å². The number of aliphatic carboxylic acids is 1. The summed E-state index contributed by atoms with van der Waals surface area (Å²) in [5.74, 6) is -0.501. The van der Waals surface area contributed by atoms with Crippen molar-refractivity contribution in [3.8, 4) is 5.75 Å². The number of hydrogen-bond acceptors (Lipinski definition) is 3. The number of hydrogen-bond donors (Lipinski definition) is 2. The normalized spacial score (nSPS) is 11.7. The van der Waals surface area contributed by atoms with Crippen LogP contribution in [0.2, 0.25) is 0 Å². The molecule has 5 heteroatoms. The van der Waals surface area contributed by atoms with Crippen LogP contribution in [0.4, 0.5) is 5.69 Å². The molecule has 0 aliphatic rings. The molecule has 0 heterocycles. The van der Waals surface area contributed by atoms with E-state index in [4.69, 9.17) is 9.84 Å². The van der Waals surface area contributed by atoms with Gasteiger partial charge in [-0.1, -0.05) is 6.92 Å². The first-order valence-corrected chi connectivity index (χ1v) is 6.25. The van der Waals surface area contributed by atoms with Crippen molar-refractivity contribution >= 4 is 17.6 Å². The molecule has 1 atom stereocenters. The van der Waals surface area contributed by atoms with Gasteiger partial charge >= 0.3 is 5.97 Å². The standard InChI is InChI=1S/C14H19NO4/c1-3-19-12-6-4-11(5-7-12)15-13(16)8-10(2)9-14(17)18/h4-7,10H,3,8-9H2,1-2H3,(H,15,16)(H,17,18)/t10-/m1/s1. The summed E-state index contributed by atoms with van der Waals surface area (Å²) < 4.78 is 5.30. The Kier molecular flexibility index (Phi) is 5.85.